The minimum Gasteiger partial charge on any atom is -0.481 e. The maximum Gasteiger partial charge on any atom is 0.452 e. The Labute approximate surface area is 228 Å². The second-order valence-corrected chi connectivity index (χ2v) is 9.77. The summed E-state index contributed by atoms with van der Waals surface area (Å²) in [6.07, 6.45) is -4.35. The third-order valence-electron chi connectivity index (χ3n) is 6.27. The van der Waals surface area contributed by atoms with Crippen LogP contribution in [0.5, 0.6) is 0 Å². The van der Waals surface area contributed by atoms with E-state index in [1.165, 1.54) is 45.0 Å². The monoisotopic (exact) mass is 570 g/mol. The van der Waals surface area contributed by atoms with Crippen molar-refractivity contribution in [3.63, 3.8) is 0 Å². The highest BCUT2D eigenvalue weighted by Gasteiger charge is 2.51. The summed E-state index contributed by atoms with van der Waals surface area (Å²) < 4.78 is 40.3. The fourth-order valence-corrected chi connectivity index (χ4v) is 4.20. The zero-order chi connectivity index (χ0) is 30.2. The van der Waals surface area contributed by atoms with E-state index in [1.807, 2.05) is 0 Å². The quantitative estimate of drug-likeness (QED) is 0.276. The lowest BCUT2D eigenvalue weighted by Gasteiger charge is -2.35. The molecule has 1 aromatic carbocycles. The number of rotatable bonds is 12. The average Bonchev–Trinajstić information content (AvgIpc) is 3.42. The van der Waals surface area contributed by atoms with Crippen molar-refractivity contribution in [3.8, 4) is 0 Å². The van der Waals surface area contributed by atoms with Crippen LogP contribution < -0.4 is 16.0 Å². The molecule has 1 unspecified atom stereocenters. The minimum atomic E-state index is -5.30. The predicted molar refractivity (Wildman–Crippen MR) is 135 cm³/mol. The molecular weight excluding hydrogens is 537 g/mol. The third kappa shape index (κ3) is 8.60. The van der Waals surface area contributed by atoms with Gasteiger partial charge >= 0.3 is 12.1 Å². The molecule has 3 atom stereocenters. The zero-order valence-corrected chi connectivity index (χ0v) is 22.3. The first-order chi connectivity index (χ1) is 18.6. The minimum absolute atomic E-state index is 0.0178. The maximum atomic E-state index is 13.4. The van der Waals surface area contributed by atoms with Gasteiger partial charge in [0.25, 0.3) is 23.5 Å². The number of Topliss-reactive ketones (excluding diaryl/α,β-unsaturated/α-hetero) is 1. The molecule has 1 aliphatic rings. The first-order valence-electron chi connectivity index (χ1n) is 12.8. The van der Waals surface area contributed by atoms with Crippen LogP contribution in [0.15, 0.2) is 24.3 Å². The summed E-state index contributed by atoms with van der Waals surface area (Å²) in [6, 6.07) is 0.686. The van der Waals surface area contributed by atoms with Gasteiger partial charge in [0.15, 0.2) is 0 Å². The van der Waals surface area contributed by atoms with Gasteiger partial charge in [-0.3, -0.25) is 33.7 Å². The third-order valence-corrected chi connectivity index (χ3v) is 6.27. The van der Waals surface area contributed by atoms with E-state index in [4.69, 9.17) is 5.11 Å². The van der Waals surface area contributed by atoms with Gasteiger partial charge in [-0.25, -0.2) is 0 Å². The summed E-state index contributed by atoms with van der Waals surface area (Å²) in [6.45, 7) is 4.32. The molecule has 0 bridgehead atoms. The van der Waals surface area contributed by atoms with E-state index in [9.17, 15) is 41.9 Å². The summed E-state index contributed by atoms with van der Waals surface area (Å²) in [5.41, 5.74) is 0.200. The molecule has 0 aliphatic carbocycles. The molecule has 1 fully saturated rings. The Morgan fingerprint density at radius 3 is 2.08 bits per heavy atom. The number of benzene rings is 1. The standard InChI is InChI=1S/C26H33F3N4O7/c1-14(2)20(21(36)26(27,28)29)33(25(40)18-6-4-12-30-18)24(39)15(3)32-23(38)17-10-8-16(9-11-17)22(37)31-13-5-7-19(34)35/h8-11,14-15,18,20,30H,4-7,12-13H2,1-3H3,(H,31,37)(H,32,38)(H,34,35)/t15-,18-,20?/m0/s1. The van der Waals surface area contributed by atoms with Crippen molar-refractivity contribution in [1.82, 2.24) is 20.9 Å². The topological polar surface area (TPSA) is 162 Å². The predicted octanol–water partition coefficient (Wildman–Crippen LogP) is 1.66. The number of nitrogens with one attached hydrogen (secondary N) is 3. The van der Waals surface area contributed by atoms with Gasteiger partial charge in [-0.05, 0) is 62.9 Å². The molecule has 0 radical (unpaired) electrons. The van der Waals surface area contributed by atoms with Gasteiger partial charge in [0.1, 0.15) is 12.1 Å². The van der Waals surface area contributed by atoms with Crippen LogP contribution in [0.3, 0.4) is 0 Å². The first kappa shape index (κ1) is 32.4. The lowest BCUT2D eigenvalue weighted by Crippen LogP contribution is -2.61. The zero-order valence-electron chi connectivity index (χ0n) is 22.3. The smallest absolute Gasteiger partial charge is 0.452 e. The molecule has 14 heteroatoms. The molecule has 4 amide bonds. The van der Waals surface area contributed by atoms with Crippen molar-refractivity contribution in [3.05, 3.63) is 35.4 Å². The number of carboxylic acid groups (broad SMARTS) is 1. The molecule has 40 heavy (non-hydrogen) atoms. The number of nitrogens with zero attached hydrogens (tertiary/aromatic N) is 1. The van der Waals surface area contributed by atoms with Crippen LogP contribution >= 0.6 is 0 Å². The highest BCUT2D eigenvalue weighted by atomic mass is 19.4. The molecule has 1 saturated heterocycles. The van der Waals surface area contributed by atoms with Crippen LogP contribution in [-0.4, -0.2) is 82.8 Å². The molecule has 4 N–H and O–H groups in total. The molecule has 11 nitrogen and oxygen atoms in total. The van der Waals surface area contributed by atoms with E-state index in [0.717, 1.165) is 0 Å². The molecule has 2 rings (SSSR count). The maximum absolute atomic E-state index is 13.4. The Balaban J connectivity index is 2.18. The summed E-state index contributed by atoms with van der Waals surface area (Å²) in [5.74, 6) is -7.73. The van der Waals surface area contributed by atoms with Gasteiger partial charge in [0.05, 0.1) is 6.04 Å². The van der Waals surface area contributed by atoms with Gasteiger partial charge in [0.2, 0.25) is 5.91 Å². The molecule has 0 spiro atoms. The SMILES string of the molecule is CC(C)C(C(=O)C(F)(F)F)N(C(=O)[C@H](C)NC(=O)c1ccc(C(=O)NCCCC(=O)O)cc1)C(=O)[C@@H]1CCCN1. The molecule has 1 aliphatic heterocycles. The number of halogens is 3. The number of carboxylic acids is 1. The van der Waals surface area contributed by atoms with Crippen molar-refractivity contribution in [2.24, 2.45) is 5.92 Å². The van der Waals surface area contributed by atoms with Crippen molar-refractivity contribution in [2.75, 3.05) is 13.1 Å². The second kappa shape index (κ2) is 14.0. The highest BCUT2D eigenvalue weighted by molar-refractivity contribution is 6.07. The van der Waals surface area contributed by atoms with E-state index in [-0.39, 0.29) is 36.9 Å². The lowest BCUT2D eigenvalue weighted by atomic mass is 9.95. The molecule has 0 aromatic heterocycles. The van der Waals surface area contributed by atoms with E-state index >= 15 is 0 Å². The van der Waals surface area contributed by atoms with E-state index in [1.54, 1.807) is 0 Å². The number of imide groups is 1. The van der Waals surface area contributed by atoms with E-state index in [0.29, 0.717) is 17.9 Å². The fraction of sp³-hybridized carbons (Fsp3) is 0.538. The number of hydrogen-bond donors (Lipinski definition) is 4. The van der Waals surface area contributed by atoms with Gasteiger partial charge in [-0.15, -0.1) is 0 Å². The number of aliphatic carboxylic acids is 1. The highest BCUT2D eigenvalue weighted by Crippen LogP contribution is 2.26. The van der Waals surface area contributed by atoms with Gasteiger partial charge in [-0.1, -0.05) is 13.8 Å². The largest absolute Gasteiger partial charge is 0.481 e. The summed E-state index contributed by atoms with van der Waals surface area (Å²) in [4.78, 5) is 74.7. The van der Waals surface area contributed by atoms with Gasteiger partial charge < -0.3 is 21.1 Å². The molecule has 220 valence electrons. The molecular formula is C26H33F3N4O7. The summed E-state index contributed by atoms with van der Waals surface area (Å²) >= 11 is 0. The average molecular weight is 571 g/mol. The van der Waals surface area contributed by atoms with Crippen LogP contribution in [0.25, 0.3) is 0 Å². The Bertz CT molecular complexity index is 1120. The molecule has 1 aromatic rings. The summed E-state index contributed by atoms with van der Waals surface area (Å²) in [5, 5.41) is 16.3. The number of carbonyl (C=O) groups excluding carboxylic acids is 5. The number of carbonyl (C=O) groups is 6. The van der Waals surface area contributed by atoms with Crippen LogP contribution in [0.4, 0.5) is 13.2 Å². The number of hydrogen-bond acceptors (Lipinski definition) is 7. The molecule has 0 saturated carbocycles. The summed E-state index contributed by atoms with van der Waals surface area (Å²) in [7, 11) is 0. The van der Waals surface area contributed by atoms with Crippen LogP contribution in [0.1, 0.15) is 67.2 Å². The van der Waals surface area contributed by atoms with E-state index < -0.39 is 65.6 Å². The van der Waals surface area contributed by atoms with Crippen molar-refractivity contribution in [2.45, 2.75) is 70.8 Å². The number of ketones is 1. The Hall–Kier alpha value is -3.81. The number of alkyl halides is 3. The van der Waals surface area contributed by atoms with Crippen LogP contribution in [0.2, 0.25) is 0 Å². The Morgan fingerprint density at radius 1 is 1.02 bits per heavy atom. The Kier molecular flexibility index (Phi) is 11.3. The molecule has 1 heterocycles. The van der Waals surface area contributed by atoms with Gasteiger partial charge in [0, 0.05) is 24.1 Å². The fourth-order valence-electron chi connectivity index (χ4n) is 4.20. The lowest BCUT2D eigenvalue weighted by molar-refractivity contribution is -0.181. The second-order valence-electron chi connectivity index (χ2n) is 9.77. The normalized spacial score (nSPS) is 16.6. The Morgan fingerprint density at radius 2 is 1.60 bits per heavy atom. The van der Waals surface area contributed by atoms with E-state index in [2.05, 4.69) is 16.0 Å². The van der Waals surface area contributed by atoms with Crippen molar-refractivity contribution < 1.29 is 47.0 Å². The number of amides is 4. The van der Waals surface area contributed by atoms with Crippen LogP contribution in [0, 0.1) is 5.92 Å². The van der Waals surface area contributed by atoms with Gasteiger partial charge in [-0.2, -0.15) is 13.2 Å². The van der Waals surface area contributed by atoms with Crippen molar-refractivity contribution in [1.29, 1.82) is 0 Å². The van der Waals surface area contributed by atoms with Crippen molar-refractivity contribution >= 4 is 35.4 Å². The van der Waals surface area contributed by atoms with Crippen LogP contribution in [-0.2, 0) is 19.2 Å². The first-order valence-corrected chi connectivity index (χ1v) is 12.8.